The molecular weight excluding hydrogens is 450 g/mol. The van der Waals surface area contributed by atoms with Gasteiger partial charge in [-0.1, -0.05) is 60.7 Å². The van der Waals surface area contributed by atoms with Crippen LogP contribution in [0.5, 0.6) is 11.5 Å². The average Bonchev–Trinajstić information content (AvgIpc) is 3.44. The van der Waals surface area contributed by atoms with Gasteiger partial charge < -0.3 is 14.8 Å². The number of nitrogens with zero attached hydrogens (tertiary/aromatic N) is 1. The van der Waals surface area contributed by atoms with Gasteiger partial charge >= 0.3 is 0 Å². The third-order valence-electron chi connectivity index (χ3n) is 5.34. The minimum absolute atomic E-state index is 0.135. The molecule has 2 heterocycles. The highest BCUT2D eigenvalue weighted by molar-refractivity contribution is 8.18. The number of phenols is 1. The molecule has 0 saturated carbocycles. The van der Waals surface area contributed by atoms with Gasteiger partial charge in [0.2, 0.25) is 0 Å². The molecule has 3 aromatic carbocycles. The van der Waals surface area contributed by atoms with E-state index in [0.29, 0.717) is 17.0 Å². The second kappa shape index (κ2) is 8.92. The molecule has 34 heavy (non-hydrogen) atoms. The number of phenolic OH excluding ortho intramolecular Hbond substituents is 1. The quantitative estimate of drug-likeness (QED) is 0.336. The summed E-state index contributed by atoms with van der Waals surface area (Å²) < 4.78 is 5.37. The van der Waals surface area contributed by atoms with Gasteiger partial charge in [-0.15, -0.1) is 0 Å². The maximum absolute atomic E-state index is 12.0. The van der Waals surface area contributed by atoms with Crippen molar-refractivity contribution in [1.29, 1.82) is 0 Å². The number of hydrogen-bond donors (Lipinski definition) is 3. The third-order valence-corrected chi connectivity index (χ3v) is 6.15. The van der Waals surface area contributed by atoms with Crippen LogP contribution in [0, 0.1) is 0 Å². The van der Waals surface area contributed by atoms with Crippen LogP contribution in [0.1, 0.15) is 5.56 Å². The summed E-state index contributed by atoms with van der Waals surface area (Å²) in [5.41, 5.74) is 4.55. The number of amides is 2. The van der Waals surface area contributed by atoms with Gasteiger partial charge in [-0.3, -0.25) is 14.9 Å². The van der Waals surface area contributed by atoms with E-state index in [9.17, 15) is 14.7 Å². The van der Waals surface area contributed by atoms with Crippen molar-refractivity contribution < 1.29 is 19.4 Å². The lowest BCUT2D eigenvalue weighted by Crippen LogP contribution is -2.17. The summed E-state index contributed by atoms with van der Waals surface area (Å²) in [7, 11) is 1.45. The number of nitrogens with one attached hydrogen (secondary N) is 2. The first-order valence-corrected chi connectivity index (χ1v) is 11.2. The number of aromatic amines is 1. The van der Waals surface area contributed by atoms with Gasteiger partial charge in [-0.2, -0.15) is 0 Å². The predicted molar refractivity (Wildman–Crippen MR) is 132 cm³/mol. The number of thioether (sulfide) groups is 1. The maximum Gasteiger partial charge on any atom is 0.290 e. The number of aromatic hydroxyl groups is 1. The Morgan fingerprint density at radius 2 is 1.62 bits per heavy atom. The van der Waals surface area contributed by atoms with E-state index in [1.165, 1.54) is 13.2 Å². The largest absolute Gasteiger partial charge is 0.504 e. The molecule has 0 spiro atoms. The van der Waals surface area contributed by atoms with Crippen molar-refractivity contribution in [3.63, 3.8) is 0 Å². The molecule has 1 aliphatic heterocycles. The van der Waals surface area contributed by atoms with Gasteiger partial charge in [-0.25, -0.2) is 4.98 Å². The summed E-state index contributed by atoms with van der Waals surface area (Å²) in [5, 5.41) is 12.4. The molecule has 2 amide bonds. The SMILES string of the molecule is COc1cc(-c2nc(-c3ccccc3)c(-c3ccccc3)[nH]2)cc(/C=C2\SC(=O)NC2=O)c1O. The van der Waals surface area contributed by atoms with Crippen molar-refractivity contribution in [3.05, 3.63) is 83.3 Å². The van der Waals surface area contributed by atoms with Gasteiger partial charge in [0.25, 0.3) is 11.1 Å². The van der Waals surface area contributed by atoms with Gasteiger partial charge in [0.05, 0.1) is 23.4 Å². The lowest BCUT2D eigenvalue weighted by Gasteiger charge is -2.09. The van der Waals surface area contributed by atoms with Crippen LogP contribution in [-0.4, -0.2) is 33.3 Å². The molecule has 1 aliphatic rings. The zero-order valence-electron chi connectivity index (χ0n) is 18.0. The molecule has 0 bridgehead atoms. The smallest absolute Gasteiger partial charge is 0.290 e. The van der Waals surface area contributed by atoms with Crippen LogP contribution in [0.15, 0.2) is 77.7 Å². The first kappa shape index (κ1) is 21.5. The highest BCUT2D eigenvalue weighted by atomic mass is 32.2. The van der Waals surface area contributed by atoms with E-state index in [0.717, 1.165) is 34.3 Å². The summed E-state index contributed by atoms with van der Waals surface area (Å²) in [6.07, 6.45) is 1.46. The predicted octanol–water partition coefficient (Wildman–Crippen LogP) is 5.45. The molecule has 0 radical (unpaired) electrons. The number of H-pyrrole nitrogens is 1. The van der Waals surface area contributed by atoms with Crippen LogP contribution >= 0.6 is 11.8 Å². The van der Waals surface area contributed by atoms with Gasteiger partial charge in [0, 0.05) is 22.3 Å². The Hall–Kier alpha value is -4.30. The molecule has 0 aliphatic carbocycles. The molecule has 1 aromatic heterocycles. The molecule has 168 valence electrons. The number of carbonyl (C=O) groups is 2. The summed E-state index contributed by atoms with van der Waals surface area (Å²) in [5.74, 6) is 0.146. The molecule has 4 aromatic rings. The Labute approximate surface area is 199 Å². The molecule has 1 saturated heterocycles. The number of hydrogen-bond acceptors (Lipinski definition) is 6. The van der Waals surface area contributed by atoms with Crippen LogP contribution in [0.2, 0.25) is 0 Å². The van der Waals surface area contributed by atoms with Crippen molar-refractivity contribution in [2.45, 2.75) is 0 Å². The number of imidazole rings is 1. The summed E-state index contributed by atoms with van der Waals surface area (Å²) in [6.45, 7) is 0. The Balaban J connectivity index is 1.67. The molecule has 3 N–H and O–H groups in total. The van der Waals surface area contributed by atoms with E-state index in [1.54, 1.807) is 12.1 Å². The molecular formula is C26H19N3O4S. The standard InChI is InChI=1S/C26H19N3O4S/c1-33-19-13-18(12-17(23(19)30)14-20-25(31)29-26(32)34-20)24-27-21(15-8-4-2-5-9-15)22(28-24)16-10-6-3-7-11-16/h2-14,30H,1H3,(H,27,28)(H,29,31,32)/b20-14-. The van der Waals surface area contributed by atoms with Gasteiger partial charge in [-0.05, 0) is 30.0 Å². The summed E-state index contributed by atoms with van der Waals surface area (Å²) >= 11 is 0.780. The molecule has 0 unspecified atom stereocenters. The van der Waals surface area contributed by atoms with E-state index < -0.39 is 11.1 Å². The van der Waals surface area contributed by atoms with Crippen molar-refractivity contribution in [2.75, 3.05) is 7.11 Å². The first-order chi connectivity index (χ1) is 16.5. The van der Waals surface area contributed by atoms with E-state index in [-0.39, 0.29) is 16.4 Å². The fraction of sp³-hybridized carbons (Fsp3) is 0.0385. The monoisotopic (exact) mass is 469 g/mol. The van der Waals surface area contributed by atoms with Crippen LogP contribution in [0.4, 0.5) is 4.79 Å². The molecule has 0 atom stereocenters. The van der Waals surface area contributed by atoms with E-state index in [4.69, 9.17) is 9.72 Å². The lowest BCUT2D eigenvalue weighted by molar-refractivity contribution is -0.115. The average molecular weight is 470 g/mol. The van der Waals surface area contributed by atoms with E-state index >= 15 is 0 Å². The van der Waals surface area contributed by atoms with Crippen LogP contribution in [0.3, 0.4) is 0 Å². The Morgan fingerprint density at radius 1 is 0.941 bits per heavy atom. The van der Waals surface area contributed by atoms with Crippen molar-refractivity contribution in [2.24, 2.45) is 0 Å². The summed E-state index contributed by atoms with van der Waals surface area (Å²) in [6, 6.07) is 23.1. The number of methoxy groups -OCH3 is 1. The number of imide groups is 1. The lowest BCUT2D eigenvalue weighted by atomic mass is 10.1. The fourth-order valence-corrected chi connectivity index (χ4v) is 4.40. The minimum Gasteiger partial charge on any atom is -0.504 e. The van der Waals surface area contributed by atoms with Crippen LogP contribution in [-0.2, 0) is 4.79 Å². The van der Waals surface area contributed by atoms with E-state index in [1.807, 2.05) is 60.7 Å². The van der Waals surface area contributed by atoms with E-state index in [2.05, 4.69) is 10.3 Å². The Kier molecular flexibility index (Phi) is 5.65. The van der Waals surface area contributed by atoms with Crippen molar-refractivity contribution >= 4 is 29.0 Å². The van der Waals surface area contributed by atoms with Crippen molar-refractivity contribution in [3.8, 4) is 45.4 Å². The Bertz CT molecular complexity index is 1370. The molecule has 7 nitrogen and oxygen atoms in total. The second-order valence-corrected chi connectivity index (χ2v) is 8.52. The number of benzene rings is 3. The molecule has 1 fully saturated rings. The zero-order chi connectivity index (χ0) is 23.7. The highest BCUT2D eigenvalue weighted by Crippen LogP contribution is 2.39. The minimum atomic E-state index is -0.505. The molecule has 5 rings (SSSR count). The number of ether oxygens (including phenoxy) is 1. The number of aromatic nitrogens is 2. The Morgan fingerprint density at radius 3 is 2.24 bits per heavy atom. The van der Waals surface area contributed by atoms with Crippen LogP contribution in [0.25, 0.3) is 40.0 Å². The number of rotatable bonds is 5. The first-order valence-electron chi connectivity index (χ1n) is 10.4. The van der Waals surface area contributed by atoms with Gasteiger partial charge in [0.1, 0.15) is 5.82 Å². The summed E-state index contributed by atoms with van der Waals surface area (Å²) in [4.78, 5) is 32.0. The highest BCUT2D eigenvalue weighted by Gasteiger charge is 2.26. The van der Waals surface area contributed by atoms with Crippen molar-refractivity contribution in [1.82, 2.24) is 15.3 Å². The fourth-order valence-electron chi connectivity index (χ4n) is 3.72. The normalized spacial score (nSPS) is 14.4. The van der Waals surface area contributed by atoms with Crippen LogP contribution < -0.4 is 10.1 Å². The maximum atomic E-state index is 12.0. The topological polar surface area (TPSA) is 104 Å². The third kappa shape index (κ3) is 4.06. The number of carbonyl (C=O) groups excluding carboxylic acids is 2. The molecule has 8 heteroatoms. The van der Waals surface area contributed by atoms with Gasteiger partial charge in [0.15, 0.2) is 11.5 Å². The second-order valence-electron chi connectivity index (χ2n) is 7.51. The zero-order valence-corrected chi connectivity index (χ0v) is 18.8.